The standard InChI is InChI=1S/C13H7Br2ClFNO/c14-8-3-1-7(2-4-8)13(19)18-9-5-10(16)12(15)11(17)6-9/h1-6H,(H,18,19). The predicted octanol–water partition coefficient (Wildman–Crippen LogP) is 5.26. The minimum Gasteiger partial charge on any atom is -0.322 e. The zero-order chi connectivity index (χ0) is 14.0. The second-order valence-corrected chi connectivity index (χ2v) is 5.83. The first-order valence-corrected chi connectivity index (χ1v) is 7.15. The molecule has 0 saturated carbocycles. The molecule has 6 heteroatoms. The van der Waals surface area contributed by atoms with Crippen LogP contribution in [0.2, 0.25) is 5.02 Å². The van der Waals surface area contributed by atoms with Crippen molar-refractivity contribution in [2.24, 2.45) is 0 Å². The van der Waals surface area contributed by atoms with Crippen LogP contribution in [0.15, 0.2) is 45.3 Å². The van der Waals surface area contributed by atoms with E-state index in [1.54, 1.807) is 24.3 Å². The molecule has 0 bridgehead atoms. The highest BCUT2D eigenvalue weighted by molar-refractivity contribution is 9.10. The third-order valence-electron chi connectivity index (χ3n) is 2.35. The molecule has 1 N–H and O–H groups in total. The predicted molar refractivity (Wildman–Crippen MR) is 81.2 cm³/mol. The molecule has 0 aliphatic carbocycles. The topological polar surface area (TPSA) is 29.1 Å². The molecule has 2 aromatic carbocycles. The molecule has 0 saturated heterocycles. The Labute approximate surface area is 131 Å². The number of halogens is 4. The summed E-state index contributed by atoms with van der Waals surface area (Å²) in [6.45, 7) is 0. The minimum absolute atomic E-state index is 0.177. The number of nitrogens with one attached hydrogen (secondary N) is 1. The smallest absolute Gasteiger partial charge is 0.255 e. The van der Waals surface area contributed by atoms with E-state index in [-0.39, 0.29) is 15.4 Å². The first kappa shape index (κ1) is 14.5. The van der Waals surface area contributed by atoms with Gasteiger partial charge >= 0.3 is 0 Å². The van der Waals surface area contributed by atoms with E-state index in [1.165, 1.54) is 12.1 Å². The summed E-state index contributed by atoms with van der Waals surface area (Å²) in [6, 6.07) is 9.51. The fourth-order valence-corrected chi connectivity index (χ4v) is 2.13. The molecule has 0 aliphatic heterocycles. The molecule has 0 atom stereocenters. The van der Waals surface area contributed by atoms with E-state index in [2.05, 4.69) is 37.2 Å². The number of hydrogen-bond acceptors (Lipinski definition) is 1. The fourth-order valence-electron chi connectivity index (χ4n) is 1.43. The maximum Gasteiger partial charge on any atom is 0.255 e. The van der Waals surface area contributed by atoms with Gasteiger partial charge in [0.2, 0.25) is 0 Å². The summed E-state index contributed by atoms with van der Waals surface area (Å²) in [6.07, 6.45) is 0. The van der Waals surface area contributed by atoms with Gasteiger partial charge in [0.25, 0.3) is 5.91 Å². The van der Waals surface area contributed by atoms with Gasteiger partial charge in [-0.15, -0.1) is 0 Å². The highest BCUT2D eigenvalue weighted by Gasteiger charge is 2.10. The first-order valence-electron chi connectivity index (χ1n) is 5.19. The second kappa shape index (κ2) is 6.03. The fraction of sp³-hybridized carbons (Fsp3) is 0. The largest absolute Gasteiger partial charge is 0.322 e. The molecule has 0 aromatic heterocycles. The lowest BCUT2D eigenvalue weighted by Gasteiger charge is -2.07. The van der Waals surface area contributed by atoms with E-state index in [4.69, 9.17) is 11.6 Å². The summed E-state index contributed by atoms with van der Waals surface area (Å²) in [5, 5.41) is 2.79. The van der Waals surface area contributed by atoms with E-state index >= 15 is 0 Å². The van der Waals surface area contributed by atoms with Crippen molar-refractivity contribution in [1.82, 2.24) is 0 Å². The van der Waals surface area contributed by atoms with E-state index in [1.807, 2.05) is 0 Å². The van der Waals surface area contributed by atoms with Crippen molar-refractivity contribution in [3.63, 3.8) is 0 Å². The van der Waals surface area contributed by atoms with Crippen LogP contribution in [-0.4, -0.2) is 5.91 Å². The van der Waals surface area contributed by atoms with Crippen LogP contribution in [-0.2, 0) is 0 Å². The van der Waals surface area contributed by atoms with Crippen LogP contribution in [0.3, 0.4) is 0 Å². The van der Waals surface area contributed by atoms with E-state index in [0.29, 0.717) is 11.3 Å². The number of carbonyl (C=O) groups excluding carboxylic acids is 1. The van der Waals surface area contributed by atoms with Crippen molar-refractivity contribution in [2.75, 3.05) is 5.32 Å². The van der Waals surface area contributed by atoms with Crippen LogP contribution in [0.25, 0.3) is 0 Å². The molecule has 2 nitrogen and oxygen atoms in total. The SMILES string of the molecule is O=C(Nc1cc(F)c(Br)c(Cl)c1)c1ccc(Br)cc1. The van der Waals surface area contributed by atoms with Gasteiger partial charge in [0.1, 0.15) is 5.82 Å². The summed E-state index contributed by atoms with van der Waals surface area (Å²) in [5.41, 5.74) is 0.779. The molecule has 2 aromatic rings. The molecule has 19 heavy (non-hydrogen) atoms. The summed E-state index contributed by atoms with van der Waals surface area (Å²) < 4.78 is 14.5. The normalized spacial score (nSPS) is 10.3. The molecule has 98 valence electrons. The van der Waals surface area contributed by atoms with Crippen molar-refractivity contribution < 1.29 is 9.18 Å². The summed E-state index contributed by atoms with van der Waals surface area (Å²) in [5.74, 6) is -0.858. The zero-order valence-corrected chi connectivity index (χ0v) is 13.3. The Kier molecular flexibility index (Phi) is 4.60. The Balaban J connectivity index is 2.22. The van der Waals surface area contributed by atoms with Gasteiger partial charge < -0.3 is 5.32 Å². The minimum atomic E-state index is -0.529. The summed E-state index contributed by atoms with van der Waals surface area (Å²) in [7, 11) is 0. The van der Waals surface area contributed by atoms with Crippen LogP contribution in [0.1, 0.15) is 10.4 Å². The monoisotopic (exact) mass is 405 g/mol. The lowest BCUT2D eigenvalue weighted by molar-refractivity contribution is 0.102. The molecule has 2 rings (SSSR count). The van der Waals surface area contributed by atoms with E-state index < -0.39 is 5.82 Å². The molecule has 0 unspecified atom stereocenters. The quantitative estimate of drug-likeness (QED) is 0.677. The number of carbonyl (C=O) groups is 1. The van der Waals surface area contributed by atoms with E-state index in [9.17, 15) is 9.18 Å². The second-order valence-electron chi connectivity index (χ2n) is 3.71. The molecule has 0 radical (unpaired) electrons. The molecule has 0 spiro atoms. The molecular formula is C13H7Br2ClFNO. The van der Waals surface area contributed by atoms with Gasteiger partial charge in [-0.05, 0) is 52.3 Å². The molecule has 0 fully saturated rings. The van der Waals surface area contributed by atoms with Gasteiger partial charge in [-0.25, -0.2) is 4.39 Å². The van der Waals surface area contributed by atoms with Crippen LogP contribution in [0.5, 0.6) is 0 Å². The Bertz CT molecular complexity index is 608. The van der Waals surface area contributed by atoms with Gasteiger partial charge in [-0.3, -0.25) is 4.79 Å². The Hall–Kier alpha value is -0.910. The molecule has 1 amide bonds. The lowest BCUT2D eigenvalue weighted by atomic mass is 10.2. The van der Waals surface area contributed by atoms with Crippen LogP contribution >= 0.6 is 43.5 Å². The Morgan fingerprint density at radius 3 is 2.37 bits per heavy atom. The Morgan fingerprint density at radius 2 is 1.79 bits per heavy atom. The zero-order valence-electron chi connectivity index (χ0n) is 9.38. The van der Waals surface area contributed by atoms with Crippen molar-refractivity contribution >= 4 is 55.1 Å². The van der Waals surface area contributed by atoms with E-state index in [0.717, 1.165) is 4.47 Å². The summed E-state index contributed by atoms with van der Waals surface area (Å²) in [4.78, 5) is 11.9. The highest BCUT2D eigenvalue weighted by atomic mass is 79.9. The van der Waals surface area contributed by atoms with Gasteiger partial charge in [0, 0.05) is 15.7 Å². The molecule has 0 heterocycles. The van der Waals surface area contributed by atoms with Gasteiger partial charge in [-0.1, -0.05) is 27.5 Å². The highest BCUT2D eigenvalue weighted by Crippen LogP contribution is 2.29. The first-order chi connectivity index (χ1) is 8.97. The van der Waals surface area contributed by atoms with Crippen LogP contribution in [0, 0.1) is 5.82 Å². The number of amides is 1. The number of benzene rings is 2. The number of anilines is 1. The van der Waals surface area contributed by atoms with Crippen molar-refractivity contribution in [3.05, 3.63) is 61.7 Å². The average Bonchev–Trinajstić information content (AvgIpc) is 2.36. The molecular weight excluding hydrogens is 400 g/mol. The third kappa shape index (κ3) is 3.55. The maximum atomic E-state index is 13.5. The lowest BCUT2D eigenvalue weighted by Crippen LogP contribution is -2.11. The van der Waals surface area contributed by atoms with Crippen LogP contribution < -0.4 is 5.32 Å². The third-order valence-corrected chi connectivity index (χ3v) is 4.21. The van der Waals surface area contributed by atoms with Gasteiger partial charge in [0.05, 0.1) is 9.50 Å². The van der Waals surface area contributed by atoms with Crippen molar-refractivity contribution in [3.8, 4) is 0 Å². The maximum absolute atomic E-state index is 13.5. The number of rotatable bonds is 2. The van der Waals surface area contributed by atoms with Crippen LogP contribution in [0.4, 0.5) is 10.1 Å². The van der Waals surface area contributed by atoms with Crippen molar-refractivity contribution in [2.45, 2.75) is 0 Å². The Morgan fingerprint density at radius 1 is 1.16 bits per heavy atom. The summed E-state index contributed by atoms with van der Waals surface area (Å²) >= 11 is 12.1. The molecule has 0 aliphatic rings. The average molecular weight is 407 g/mol. The van der Waals surface area contributed by atoms with Gasteiger partial charge in [-0.2, -0.15) is 0 Å². The number of hydrogen-bond donors (Lipinski definition) is 1. The van der Waals surface area contributed by atoms with Gasteiger partial charge in [0.15, 0.2) is 0 Å². The van der Waals surface area contributed by atoms with Crippen molar-refractivity contribution in [1.29, 1.82) is 0 Å².